The standard InChI is InChI=1S/C15H19FN2OS/c1-19-10-5-6-18(8-10)9-11-14(7-17)20-13-4-2-3-12(16)15(11)13/h2-4,10H,5-9,17H2,1H3. The zero-order chi connectivity index (χ0) is 14.1. The topological polar surface area (TPSA) is 38.5 Å². The maximum absolute atomic E-state index is 14.1. The van der Waals surface area contributed by atoms with Crippen LogP contribution in [0.5, 0.6) is 0 Å². The van der Waals surface area contributed by atoms with E-state index in [0.717, 1.165) is 46.6 Å². The molecule has 1 aromatic carbocycles. The normalized spacial score (nSPS) is 20.1. The second kappa shape index (κ2) is 5.77. The summed E-state index contributed by atoms with van der Waals surface area (Å²) in [6, 6.07) is 5.25. The summed E-state index contributed by atoms with van der Waals surface area (Å²) in [4.78, 5) is 3.41. The molecule has 1 atom stereocenters. The molecule has 1 fully saturated rings. The van der Waals surface area contributed by atoms with Gasteiger partial charge in [0.2, 0.25) is 0 Å². The molecule has 3 nitrogen and oxygen atoms in total. The Morgan fingerprint density at radius 2 is 2.35 bits per heavy atom. The highest BCUT2D eigenvalue weighted by Gasteiger charge is 2.24. The Morgan fingerprint density at radius 1 is 1.50 bits per heavy atom. The first-order valence-electron chi connectivity index (χ1n) is 6.87. The molecule has 1 saturated heterocycles. The summed E-state index contributed by atoms with van der Waals surface area (Å²) < 4.78 is 20.5. The van der Waals surface area contributed by atoms with E-state index in [9.17, 15) is 4.39 Å². The molecule has 2 N–H and O–H groups in total. The zero-order valence-electron chi connectivity index (χ0n) is 11.6. The second-order valence-corrected chi connectivity index (χ2v) is 6.34. The molecule has 1 aliphatic rings. The number of nitrogens with zero attached hydrogens (tertiary/aromatic N) is 1. The average molecular weight is 294 g/mol. The third-order valence-corrected chi connectivity index (χ3v) is 5.20. The number of ether oxygens (including phenoxy) is 1. The monoisotopic (exact) mass is 294 g/mol. The van der Waals surface area contributed by atoms with Gasteiger partial charge < -0.3 is 10.5 Å². The number of likely N-dealkylation sites (tertiary alicyclic amines) is 1. The molecule has 0 bridgehead atoms. The van der Waals surface area contributed by atoms with E-state index in [2.05, 4.69) is 4.90 Å². The van der Waals surface area contributed by atoms with Crippen LogP contribution in [0.15, 0.2) is 18.2 Å². The number of methoxy groups -OCH3 is 1. The van der Waals surface area contributed by atoms with Gasteiger partial charge in [-0.15, -0.1) is 11.3 Å². The van der Waals surface area contributed by atoms with Crippen LogP contribution in [0.4, 0.5) is 4.39 Å². The lowest BCUT2D eigenvalue weighted by Crippen LogP contribution is -2.23. The SMILES string of the molecule is COC1CCN(Cc2c(CN)sc3cccc(F)c23)C1. The van der Waals surface area contributed by atoms with E-state index in [1.807, 2.05) is 6.07 Å². The Labute approximate surface area is 122 Å². The molecule has 1 aliphatic heterocycles. The van der Waals surface area contributed by atoms with Gasteiger partial charge in [-0.3, -0.25) is 4.90 Å². The Balaban J connectivity index is 1.94. The summed E-state index contributed by atoms with van der Waals surface area (Å²) in [5.74, 6) is -0.143. The molecule has 108 valence electrons. The van der Waals surface area contributed by atoms with E-state index < -0.39 is 0 Å². The maximum Gasteiger partial charge on any atom is 0.132 e. The third kappa shape index (κ3) is 2.46. The van der Waals surface area contributed by atoms with Crippen LogP contribution in [-0.2, 0) is 17.8 Å². The van der Waals surface area contributed by atoms with Gasteiger partial charge in [0, 0.05) is 48.3 Å². The highest BCUT2D eigenvalue weighted by molar-refractivity contribution is 7.19. The molecule has 3 rings (SSSR count). The molecule has 20 heavy (non-hydrogen) atoms. The van der Waals surface area contributed by atoms with Crippen molar-refractivity contribution in [1.82, 2.24) is 4.90 Å². The summed E-state index contributed by atoms with van der Waals surface area (Å²) in [6.45, 7) is 3.13. The Bertz CT molecular complexity index is 613. The van der Waals surface area contributed by atoms with E-state index in [0.29, 0.717) is 12.6 Å². The predicted octanol–water partition coefficient (Wildman–Crippen LogP) is 2.72. The quantitative estimate of drug-likeness (QED) is 0.942. The predicted molar refractivity (Wildman–Crippen MR) is 80.4 cm³/mol. The van der Waals surface area contributed by atoms with E-state index in [4.69, 9.17) is 10.5 Å². The Hall–Kier alpha value is -1.01. The van der Waals surface area contributed by atoms with Crippen LogP contribution in [0, 0.1) is 5.82 Å². The molecule has 0 aliphatic carbocycles. The van der Waals surface area contributed by atoms with Crippen molar-refractivity contribution >= 4 is 21.4 Å². The minimum atomic E-state index is -0.143. The lowest BCUT2D eigenvalue weighted by Gasteiger charge is -2.16. The summed E-state index contributed by atoms with van der Waals surface area (Å²) in [7, 11) is 1.75. The van der Waals surface area contributed by atoms with Gasteiger partial charge in [0.05, 0.1) is 6.10 Å². The first-order chi connectivity index (χ1) is 9.72. The molecule has 0 radical (unpaired) electrons. The van der Waals surface area contributed by atoms with Crippen molar-refractivity contribution in [2.45, 2.75) is 25.6 Å². The number of halogens is 1. The van der Waals surface area contributed by atoms with E-state index in [1.54, 1.807) is 24.5 Å². The van der Waals surface area contributed by atoms with E-state index >= 15 is 0 Å². The lowest BCUT2D eigenvalue weighted by atomic mass is 10.1. The lowest BCUT2D eigenvalue weighted by molar-refractivity contribution is 0.107. The number of nitrogens with two attached hydrogens (primary N) is 1. The molecular formula is C15H19FN2OS. The van der Waals surface area contributed by atoms with Crippen LogP contribution in [0.3, 0.4) is 0 Å². The summed E-state index contributed by atoms with van der Waals surface area (Å²) in [6.07, 6.45) is 1.34. The fourth-order valence-electron chi connectivity index (χ4n) is 2.90. The molecule has 1 aromatic heterocycles. The first-order valence-corrected chi connectivity index (χ1v) is 7.68. The molecular weight excluding hydrogens is 275 g/mol. The van der Waals surface area contributed by atoms with Crippen LogP contribution < -0.4 is 5.73 Å². The van der Waals surface area contributed by atoms with E-state index in [-0.39, 0.29) is 5.82 Å². The molecule has 1 unspecified atom stereocenters. The Morgan fingerprint density at radius 3 is 3.05 bits per heavy atom. The van der Waals surface area contributed by atoms with Gasteiger partial charge in [-0.25, -0.2) is 4.39 Å². The van der Waals surface area contributed by atoms with Gasteiger partial charge in [-0.05, 0) is 24.1 Å². The van der Waals surface area contributed by atoms with Gasteiger partial charge in [0.25, 0.3) is 0 Å². The van der Waals surface area contributed by atoms with Crippen LogP contribution in [-0.4, -0.2) is 31.2 Å². The molecule has 5 heteroatoms. The number of fused-ring (bicyclic) bond motifs is 1. The van der Waals surface area contributed by atoms with Gasteiger partial charge in [-0.1, -0.05) is 6.07 Å². The fraction of sp³-hybridized carbons (Fsp3) is 0.467. The number of hydrogen-bond donors (Lipinski definition) is 1. The van der Waals surface area contributed by atoms with Crippen molar-refractivity contribution in [2.24, 2.45) is 5.73 Å². The smallest absolute Gasteiger partial charge is 0.132 e. The molecule has 2 aromatic rings. The number of thiophene rings is 1. The summed E-state index contributed by atoms with van der Waals surface area (Å²) in [5, 5.41) is 0.749. The molecule has 0 spiro atoms. The largest absolute Gasteiger partial charge is 0.380 e. The second-order valence-electron chi connectivity index (χ2n) is 5.20. The Kier molecular flexibility index (Phi) is 4.03. The van der Waals surface area contributed by atoms with Crippen molar-refractivity contribution in [3.8, 4) is 0 Å². The van der Waals surface area contributed by atoms with Crippen molar-refractivity contribution in [2.75, 3.05) is 20.2 Å². The van der Waals surface area contributed by atoms with Crippen molar-refractivity contribution in [3.05, 3.63) is 34.5 Å². The zero-order valence-corrected chi connectivity index (χ0v) is 12.4. The van der Waals surface area contributed by atoms with Gasteiger partial charge >= 0.3 is 0 Å². The number of benzene rings is 1. The van der Waals surface area contributed by atoms with Crippen molar-refractivity contribution in [3.63, 3.8) is 0 Å². The average Bonchev–Trinajstić information content (AvgIpc) is 3.04. The van der Waals surface area contributed by atoms with Crippen molar-refractivity contribution in [1.29, 1.82) is 0 Å². The molecule has 0 saturated carbocycles. The first kappa shape index (κ1) is 13.9. The number of rotatable bonds is 4. The summed E-state index contributed by atoms with van der Waals surface area (Å²) in [5.41, 5.74) is 6.89. The highest BCUT2D eigenvalue weighted by Crippen LogP contribution is 2.34. The minimum absolute atomic E-state index is 0.143. The fourth-order valence-corrected chi connectivity index (χ4v) is 4.01. The van der Waals surface area contributed by atoms with Crippen LogP contribution in [0.2, 0.25) is 0 Å². The van der Waals surface area contributed by atoms with Crippen LogP contribution in [0.1, 0.15) is 16.9 Å². The molecule has 2 heterocycles. The van der Waals surface area contributed by atoms with Gasteiger partial charge in [0.15, 0.2) is 0 Å². The van der Waals surface area contributed by atoms with Crippen molar-refractivity contribution < 1.29 is 9.13 Å². The minimum Gasteiger partial charge on any atom is -0.380 e. The van der Waals surface area contributed by atoms with E-state index in [1.165, 1.54) is 6.07 Å². The number of hydrogen-bond acceptors (Lipinski definition) is 4. The van der Waals surface area contributed by atoms with Crippen LogP contribution >= 0.6 is 11.3 Å². The van der Waals surface area contributed by atoms with Gasteiger partial charge in [0.1, 0.15) is 5.82 Å². The maximum atomic E-state index is 14.1. The summed E-state index contributed by atoms with van der Waals surface area (Å²) >= 11 is 1.61. The highest BCUT2D eigenvalue weighted by atomic mass is 32.1. The third-order valence-electron chi connectivity index (χ3n) is 3.98. The molecule has 0 amide bonds. The van der Waals surface area contributed by atoms with Gasteiger partial charge in [-0.2, -0.15) is 0 Å². The van der Waals surface area contributed by atoms with Crippen LogP contribution in [0.25, 0.3) is 10.1 Å².